The highest BCUT2D eigenvalue weighted by Gasteiger charge is 2.18. The van der Waals surface area contributed by atoms with Crippen LogP contribution in [-0.2, 0) is 9.53 Å². The van der Waals surface area contributed by atoms with E-state index in [1.165, 1.54) is 0 Å². The van der Waals surface area contributed by atoms with Gasteiger partial charge in [0.25, 0.3) is 0 Å². The Hall–Kier alpha value is -2.46. The van der Waals surface area contributed by atoms with E-state index in [9.17, 15) is 9.59 Å². The van der Waals surface area contributed by atoms with Gasteiger partial charge < -0.3 is 10.1 Å². The van der Waals surface area contributed by atoms with Gasteiger partial charge in [-0.25, -0.2) is 0 Å². The van der Waals surface area contributed by atoms with Crippen LogP contribution in [0.15, 0.2) is 54.6 Å². The highest BCUT2D eigenvalue weighted by atomic mass is 16.5. The predicted octanol–water partition coefficient (Wildman–Crippen LogP) is 3.42. The fourth-order valence-corrected chi connectivity index (χ4v) is 2.11. The molecule has 0 fully saturated rings. The topological polar surface area (TPSA) is 55.4 Å². The van der Waals surface area contributed by atoms with Crippen LogP contribution in [-0.4, -0.2) is 32.5 Å². The molecule has 0 heterocycles. The van der Waals surface area contributed by atoms with Gasteiger partial charge in [0, 0.05) is 11.1 Å². The van der Waals surface area contributed by atoms with Crippen molar-refractivity contribution >= 4 is 11.8 Å². The monoisotopic (exact) mass is 327 g/mol. The quantitative estimate of drug-likeness (QED) is 0.675. The zero-order valence-corrected chi connectivity index (χ0v) is 14.7. The summed E-state index contributed by atoms with van der Waals surface area (Å²) in [4.78, 5) is 24.2. The molecular weight excluding hydrogens is 302 g/mol. The maximum absolute atomic E-state index is 12.4. The lowest BCUT2D eigenvalue weighted by molar-refractivity contribution is -0.144. The number of esters is 1. The summed E-state index contributed by atoms with van der Waals surface area (Å²) in [5.41, 5.74) is 2.00. The van der Waals surface area contributed by atoms with Gasteiger partial charge in [-0.15, -0.1) is 0 Å². The first kappa shape index (κ1) is 19.6. The lowest BCUT2D eigenvalue weighted by atomic mass is 9.96. The van der Waals surface area contributed by atoms with Crippen LogP contribution in [0.5, 0.6) is 0 Å². The summed E-state index contributed by atoms with van der Waals surface area (Å²) in [5.74, 6) is -0.705. The molecule has 2 rings (SSSR count). The molecule has 0 radical (unpaired) electrons. The molecule has 1 N–H and O–H groups in total. The normalized spacial score (nSPS) is 11.0. The zero-order valence-electron chi connectivity index (χ0n) is 14.7. The van der Waals surface area contributed by atoms with Crippen LogP contribution in [0.3, 0.4) is 0 Å². The number of rotatable bonds is 5. The molecule has 0 aliphatic heterocycles. The Balaban J connectivity index is 0.000000891. The van der Waals surface area contributed by atoms with Crippen molar-refractivity contribution in [1.29, 1.82) is 0 Å². The van der Waals surface area contributed by atoms with Gasteiger partial charge in [0.2, 0.25) is 0 Å². The minimum atomic E-state index is -0.381. The second-order valence-corrected chi connectivity index (χ2v) is 5.29. The number of hydrogen-bond acceptors (Lipinski definition) is 4. The summed E-state index contributed by atoms with van der Waals surface area (Å²) >= 11 is 0. The highest BCUT2D eigenvalue weighted by Crippen LogP contribution is 2.20. The van der Waals surface area contributed by atoms with Gasteiger partial charge in [-0.1, -0.05) is 48.5 Å². The van der Waals surface area contributed by atoms with Crippen LogP contribution in [0.4, 0.5) is 0 Å². The molecule has 128 valence electrons. The van der Waals surface area contributed by atoms with Crippen LogP contribution < -0.4 is 5.32 Å². The number of nitrogens with one attached hydrogen (secondary N) is 1. The fraction of sp³-hybridized carbons (Fsp3) is 0.300. The van der Waals surface area contributed by atoms with Gasteiger partial charge >= 0.3 is 5.97 Å². The Bertz CT molecular complexity index is 653. The minimum absolute atomic E-state index is 0.0477. The molecule has 0 aromatic heterocycles. The second kappa shape index (κ2) is 10.3. The van der Waals surface area contributed by atoms with E-state index in [4.69, 9.17) is 4.74 Å². The van der Waals surface area contributed by atoms with Gasteiger partial charge in [0.1, 0.15) is 0 Å². The lowest BCUT2D eigenvalue weighted by Crippen LogP contribution is -2.13. The van der Waals surface area contributed by atoms with Gasteiger partial charge in [-0.2, -0.15) is 0 Å². The van der Waals surface area contributed by atoms with Crippen LogP contribution in [0.2, 0.25) is 0 Å². The smallest absolute Gasteiger partial charge is 0.313 e. The van der Waals surface area contributed by atoms with Crippen molar-refractivity contribution in [1.82, 2.24) is 5.32 Å². The van der Waals surface area contributed by atoms with Crippen molar-refractivity contribution in [2.24, 2.45) is 0 Å². The molecule has 24 heavy (non-hydrogen) atoms. The van der Waals surface area contributed by atoms with E-state index in [0.29, 0.717) is 17.7 Å². The van der Waals surface area contributed by atoms with Gasteiger partial charge in [0.05, 0.1) is 12.5 Å². The largest absolute Gasteiger partial charge is 0.466 e. The molecule has 0 spiro atoms. The molecule has 0 saturated heterocycles. The fourth-order valence-electron chi connectivity index (χ4n) is 2.11. The first-order chi connectivity index (χ1) is 11.5. The highest BCUT2D eigenvalue weighted by molar-refractivity contribution is 6.09. The number of carbonyl (C=O) groups excluding carboxylic acids is 2. The third kappa shape index (κ3) is 5.63. The van der Waals surface area contributed by atoms with Gasteiger partial charge in [-0.3, -0.25) is 9.59 Å². The average Bonchev–Trinajstić information content (AvgIpc) is 2.62. The number of hydrogen-bond donors (Lipinski definition) is 1. The Labute approximate surface area is 143 Å². The third-order valence-corrected chi connectivity index (χ3v) is 3.32. The van der Waals surface area contributed by atoms with E-state index in [0.717, 1.165) is 5.56 Å². The number of ether oxygens (including phenoxy) is 1. The van der Waals surface area contributed by atoms with Crippen molar-refractivity contribution in [2.75, 3.05) is 20.7 Å². The lowest BCUT2D eigenvalue weighted by Gasteiger charge is -2.12. The summed E-state index contributed by atoms with van der Waals surface area (Å²) < 4.78 is 5.02. The SMILES string of the molecule is CCOC(=O)C(C)c1cccc(C(=O)c2ccccc2)c1.CNC. The van der Waals surface area contributed by atoms with Crippen LogP contribution in [0.25, 0.3) is 0 Å². The first-order valence-electron chi connectivity index (χ1n) is 7.99. The molecule has 0 bridgehead atoms. The molecule has 0 aliphatic rings. The molecule has 1 unspecified atom stereocenters. The van der Waals surface area contributed by atoms with Crippen molar-refractivity contribution in [3.05, 3.63) is 71.3 Å². The molecule has 2 aromatic carbocycles. The summed E-state index contributed by atoms with van der Waals surface area (Å²) in [6, 6.07) is 16.2. The Morgan fingerprint density at radius 3 is 2.17 bits per heavy atom. The van der Waals surface area contributed by atoms with Crippen LogP contribution in [0, 0.1) is 0 Å². The average molecular weight is 327 g/mol. The second-order valence-electron chi connectivity index (χ2n) is 5.29. The summed E-state index contributed by atoms with van der Waals surface area (Å²) in [6.07, 6.45) is 0. The van der Waals surface area contributed by atoms with E-state index < -0.39 is 0 Å². The molecule has 0 aliphatic carbocycles. The summed E-state index contributed by atoms with van der Waals surface area (Å²) in [6.45, 7) is 3.91. The first-order valence-corrected chi connectivity index (χ1v) is 7.99. The zero-order chi connectivity index (χ0) is 17.9. The van der Waals surface area contributed by atoms with E-state index in [1.807, 2.05) is 38.4 Å². The third-order valence-electron chi connectivity index (χ3n) is 3.32. The van der Waals surface area contributed by atoms with Crippen molar-refractivity contribution in [3.63, 3.8) is 0 Å². The number of benzene rings is 2. The van der Waals surface area contributed by atoms with Crippen LogP contribution in [0.1, 0.15) is 41.3 Å². The summed E-state index contributed by atoms with van der Waals surface area (Å²) in [7, 11) is 3.75. The molecule has 0 amide bonds. The number of carbonyl (C=O) groups is 2. The van der Waals surface area contributed by atoms with Crippen molar-refractivity contribution in [3.8, 4) is 0 Å². The molecule has 1 atom stereocenters. The van der Waals surface area contributed by atoms with Crippen LogP contribution >= 0.6 is 0 Å². The van der Waals surface area contributed by atoms with Gasteiger partial charge in [0.15, 0.2) is 5.78 Å². The Morgan fingerprint density at radius 1 is 1.00 bits per heavy atom. The Kier molecular flexibility index (Phi) is 8.44. The molecular formula is C20H25NO3. The minimum Gasteiger partial charge on any atom is -0.466 e. The molecule has 2 aromatic rings. The van der Waals surface area contributed by atoms with E-state index in [2.05, 4.69) is 5.32 Å². The van der Waals surface area contributed by atoms with Crippen molar-refractivity contribution < 1.29 is 14.3 Å². The molecule has 4 nitrogen and oxygen atoms in total. The number of ketones is 1. The maximum Gasteiger partial charge on any atom is 0.313 e. The Morgan fingerprint density at radius 2 is 1.58 bits per heavy atom. The van der Waals surface area contributed by atoms with E-state index in [1.54, 1.807) is 44.2 Å². The summed E-state index contributed by atoms with van der Waals surface area (Å²) in [5, 5.41) is 2.75. The molecule has 4 heteroatoms. The van der Waals surface area contributed by atoms with Crippen molar-refractivity contribution in [2.45, 2.75) is 19.8 Å². The van der Waals surface area contributed by atoms with E-state index >= 15 is 0 Å². The van der Waals surface area contributed by atoms with Gasteiger partial charge in [-0.05, 0) is 39.6 Å². The predicted molar refractivity (Wildman–Crippen MR) is 96.3 cm³/mol. The standard InChI is InChI=1S/C18H18O3.C2H7N/c1-3-21-18(20)13(2)15-10-7-11-16(12-15)17(19)14-8-5-4-6-9-14;1-3-2/h4-13H,3H2,1-2H3;3H,1-2H3. The molecule has 0 saturated carbocycles. The van der Waals surface area contributed by atoms with E-state index in [-0.39, 0.29) is 17.7 Å². The maximum atomic E-state index is 12.4.